The number of rotatable bonds is 13. The van der Waals surface area contributed by atoms with E-state index in [2.05, 4.69) is 24.4 Å². The van der Waals surface area contributed by atoms with E-state index in [1.54, 1.807) is 6.07 Å². The lowest BCUT2D eigenvalue weighted by molar-refractivity contribution is -0.753. The van der Waals surface area contributed by atoms with Crippen LogP contribution in [0.5, 0.6) is 5.75 Å². The van der Waals surface area contributed by atoms with Crippen molar-refractivity contribution < 1.29 is 51.0 Å². The third-order valence-corrected chi connectivity index (χ3v) is 8.92. The number of carboxylic acids is 1. The lowest BCUT2D eigenvalue weighted by Gasteiger charge is -2.51. The first-order valence-corrected chi connectivity index (χ1v) is 16.8. The molecule has 3 atom stereocenters. The number of carbonyl (C=O) groups is 3. The Kier molecular flexibility index (Phi) is 9.74. The number of benzene rings is 1. The first-order chi connectivity index (χ1) is 22.6. The Morgan fingerprint density at radius 3 is 2.73 bits per heavy atom. The third kappa shape index (κ3) is 7.26. The van der Waals surface area contributed by atoms with Crippen molar-refractivity contribution in [1.82, 2.24) is 20.0 Å². The number of hydrogen-bond acceptors (Lipinski definition) is 14. The summed E-state index contributed by atoms with van der Waals surface area (Å²) in [6, 6.07) is 4.27. The number of nitrogens with two attached hydrogens (primary N) is 2. The molecule has 20 heteroatoms. The predicted molar refractivity (Wildman–Crippen MR) is 167 cm³/mol. The molecule has 5 rings (SSSR count). The Morgan fingerprint density at radius 2 is 2.10 bits per heavy atom. The van der Waals surface area contributed by atoms with Crippen LogP contribution in [0.15, 0.2) is 41.1 Å². The lowest BCUT2D eigenvalue weighted by Crippen LogP contribution is -2.76. The number of nitrogens with one attached hydrogen (secondary N) is 1. The number of β-lactam (4-membered cyclic amide) rings is 1. The van der Waals surface area contributed by atoms with E-state index in [1.165, 1.54) is 19.2 Å². The van der Waals surface area contributed by atoms with E-state index in [0.29, 0.717) is 23.8 Å². The van der Waals surface area contributed by atoms with Gasteiger partial charge in [0.05, 0.1) is 23.8 Å². The summed E-state index contributed by atoms with van der Waals surface area (Å²) in [7, 11) is -3.32. The number of nitrogens with zero attached hydrogens (tertiary/aromatic N) is 5. The highest BCUT2D eigenvalue weighted by molar-refractivity contribution is 7.80. The number of oxime groups is 1. The second kappa shape index (κ2) is 13.5. The Hall–Kier alpha value is -4.63. The molecule has 1 aromatic carbocycles. The van der Waals surface area contributed by atoms with E-state index < -0.39 is 57.7 Å². The van der Waals surface area contributed by atoms with Crippen molar-refractivity contribution in [3.8, 4) is 16.9 Å². The van der Waals surface area contributed by atoms with Gasteiger partial charge in [0, 0.05) is 5.38 Å². The van der Waals surface area contributed by atoms with Gasteiger partial charge in [-0.3, -0.25) is 9.59 Å². The molecule has 0 radical (unpaired) electrons. The van der Waals surface area contributed by atoms with Crippen molar-refractivity contribution in [2.24, 2.45) is 17.9 Å². The van der Waals surface area contributed by atoms with Crippen LogP contribution in [0.4, 0.5) is 5.13 Å². The molecule has 0 saturated carbocycles. The minimum atomic E-state index is -5.27. The summed E-state index contributed by atoms with van der Waals surface area (Å²) >= 11 is 0.967. The average molecular weight is 707 g/mol. The van der Waals surface area contributed by atoms with Crippen molar-refractivity contribution in [3.63, 3.8) is 0 Å². The van der Waals surface area contributed by atoms with Crippen LogP contribution in [0.1, 0.15) is 37.9 Å². The molecule has 2 aliphatic heterocycles. The Balaban J connectivity index is 1.32. The molecule has 1 fully saturated rings. The largest absolute Gasteiger partial charge is 0.724 e. The number of fused-ring (bicyclic) bond motifs is 1. The van der Waals surface area contributed by atoms with E-state index in [9.17, 15) is 32.5 Å². The number of carbonyl (C=O) groups excluding carboxylic acids is 2. The van der Waals surface area contributed by atoms with Crippen molar-refractivity contribution >= 4 is 50.4 Å². The number of ether oxygens (including phenoxy) is 1. The predicted octanol–water partition coefficient (Wildman–Crippen LogP) is -0.568. The number of hydroxylamine groups is 2. The lowest BCUT2D eigenvalue weighted by atomic mass is 9.84. The molecule has 2 aromatic heterocycles. The molecular weight excluding hydrogens is 672 g/mol. The molecule has 2 amide bonds. The molecular formula is C28H34N8O10S2. The second-order valence-electron chi connectivity index (χ2n) is 11.7. The van der Waals surface area contributed by atoms with Gasteiger partial charge in [-0.2, -0.15) is 14.0 Å². The number of nitrogen functional groups attached to an aromatic ring is 1. The molecule has 6 N–H and O–H groups in total. The SMILES string of the molecule is C[n+]1cc(-c2ccc3c(c2)CC[C@H]([C@@H](O/N=C(\C(=O)N[C@@H]2C(=O)N(OS(=O)(=O)[O-])C2(C)C)c2csc(N)n2)C(=O)O)O3)cn1CCCN. The fourth-order valence-electron chi connectivity index (χ4n) is 5.39. The summed E-state index contributed by atoms with van der Waals surface area (Å²) in [5.74, 6) is -2.98. The number of carboxylic acid groups (broad SMARTS) is 1. The van der Waals surface area contributed by atoms with Gasteiger partial charge in [-0.05, 0) is 62.9 Å². The smallest absolute Gasteiger partial charge is 0.351 e. The number of thiazole rings is 1. The monoisotopic (exact) mass is 706 g/mol. The van der Waals surface area contributed by atoms with Crippen molar-refractivity contribution in [2.75, 3.05) is 12.3 Å². The summed E-state index contributed by atoms with van der Waals surface area (Å²) < 4.78 is 47.4. The summed E-state index contributed by atoms with van der Waals surface area (Å²) in [5, 5.41) is 18.0. The van der Waals surface area contributed by atoms with E-state index in [0.717, 1.165) is 41.0 Å². The first kappa shape index (κ1) is 34.7. The summed E-state index contributed by atoms with van der Waals surface area (Å²) in [6.45, 7) is 4.06. The molecule has 48 heavy (non-hydrogen) atoms. The highest BCUT2D eigenvalue weighted by Gasteiger charge is 2.57. The Morgan fingerprint density at radius 1 is 1.35 bits per heavy atom. The Bertz CT molecular complexity index is 1870. The van der Waals surface area contributed by atoms with Crippen LogP contribution >= 0.6 is 11.3 Å². The molecule has 1 saturated heterocycles. The molecule has 4 heterocycles. The third-order valence-electron chi connectivity index (χ3n) is 7.92. The van der Waals surface area contributed by atoms with Crippen molar-refractivity contribution in [1.29, 1.82) is 0 Å². The molecule has 18 nitrogen and oxygen atoms in total. The number of hydrogen-bond donors (Lipinski definition) is 4. The molecule has 2 aliphatic rings. The summed E-state index contributed by atoms with van der Waals surface area (Å²) in [5.41, 5.74) is 12.2. The van der Waals surface area contributed by atoms with E-state index >= 15 is 0 Å². The Labute approximate surface area is 278 Å². The molecule has 0 unspecified atom stereocenters. The zero-order valence-electron chi connectivity index (χ0n) is 26.1. The topological polar surface area (TPSA) is 258 Å². The summed E-state index contributed by atoms with van der Waals surface area (Å²) in [6.07, 6.45) is 2.95. The van der Waals surface area contributed by atoms with Gasteiger partial charge < -0.3 is 36.0 Å². The van der Waals surface area contributed by atoms with Crippen molar-refractivity contribution in [2.45, 2.75) is 63.4 Å². The van der Waals surface area contributed by atoms with Crippen LogP contribution in [-0.4, -0.2) is 86.6 Å². The van der Waals surface area contributed by atoms with Gasteiger partial charge in [-0.1, -0.05) is 11.2 Å². The maximum absolute atomic E-state index is 13.4. The number of amides is 2. The van der Waals surface area contributed by atoms with Gasteiger partial charge in [0.1, 0.15) is 23.6 Å². The molecule has 0 aliphatic carbocycles. The van der Waals surface area contributed by atoms with Crippen molar-refractivity contribution in [3.05, 3.63) is 47.2 Å². The number of anilines is 1. The standard InChI is InChI=1S/C28H34N8O10S2/c1-28(2)23(25(38)36(28)46-48(41,42)43)32-24(37)21(18-14-47-27(30)31-18)33-45-22(26(39)40)20-8-6-16-11-15(5-7-19(16)44-20)17-12-34(3)35(13-17)10-4-9-29/h5,7,11-14,20,22-23H,4,6,8-10,29H2,1-3H3,(H4-,30,31,32,37,39,40,41,42,43)/b33-21-/t20-,22-,23-/m1/s1. The zero-order chi connectivity index (χ0) is 35.0. The van der Waals surface area contributed by atoms with Crippen LogP contribution in [-0.2, 0) is 53.9 Å². The van der Waals surface area contributed by atoms with E-state index in [-0.39, 0.29) is 17.2 Å². The van der Waals surface area contributed by atoms with Gasteiger partial charge in [0.2, 0.25) is 16.6 Å². The van der Waals surface area contributed by atoms with Gasteiger partial charge in [0.15, 0.2) is 17.9 Å². The normalized spacial score (nSPS) is 19.6. The molecule has 3 aromatic rings. The quantitative estimate of drug-likeness (QED) is 0.0434. The van der Waals surface area contributed by atoms with Crippen LogP contribution in [0, 0.1) is 0 Å². The minimum Gasteiger partial charge on any atom is -0.724 e. The summed E-state index contributed by atoms with van der Waals surface area (Å²) in [4.78, 5) is 47.7. The number of aliphatic carboxylic acids is 1. The van der Waals surface area contributed by atoms with Gasteiger partial charge in [-0.15, -0.1) is 16.0 Å². The first-order valence-electron chi connectivity index (χ1n) is 14.6. The van der Waals surface area contributed by atoms with Crippen LogP contribution in [0.25, 0.3) is 11.1 Å². The zero-order valence-corrected chi connectivity index (χ0v) is 27.7. The maximum atomic E-state index is 13.4. The fourth-order valence-corrected chi connectivity index (χ4v) is 6.38. The highest BCUT2D eigenvalue weighted by Crippen LogP contribution is 2.34. The van der Waals surface area contributed by atoms with E-state index in [4.69, 9.17) is 21.0 Å². The maximum Gasteiger partial charge on any atom is 0.351 e. The molecule has 0 spiro atoms. The average Bonchev–Trinajstić information content (AvgIpc) is 3.63. The van der Waals surface area contributed by atoms with Crippen LogP contribution < -0.4 is 26.2 Å². The van der Waals surface area contributed by atoms with Gasteiger partial charge >= 0.3 is 5.97 Å². The van der Waals surface area contributed by atoms with Crippen LogP contribution in [0.2, 0.25) is 0 Å². The number of aryl methyl sites for hydroxylation is 3. The second-order valence-corrected chi connectivity index (χ2v) is 13.5. The fraction of sp³-hybridized carbons (Fsp3) is 0.429. The molecule has 0 bridgehead atoms. The highest BCUT2D eigenvalue weighted by atomic mass is 32.3. The van der Waals surface area contributed by atoms with Crippen LogP contribution in [0.3, 0.4) is 0 Å². The minimum absolute atomic E-state index is 0.0630. The van der Waals surface area contributed by atoms with Gasteiger partial charge in [-0.25, -0.2) is 18.2 Å². The number of aromatic nitrogens is 3. The van der Waals surface area contributed by atoms with Gasteiger partial charge in [0.25, 0.3) is 17.9 Å². The molecule has 258 valence electrons. The van der Waals surface area contributed by atoms with E-state index in [1.807, 2.05) is 36.3 Å².